The minimum Gasteiger partial charge on any atom is -0.358 e. The van der Waals surface area contributed by atoms with E-state index in [1.165, 1.54) is 6.20 Å². The molecule has 1 N–H and O–H groups in total. The summed E-state index contributed by atoms with van der Waals surface area (Å²) >= 11 is 12.0. The number of anilines is 1. The molecule has 2 aromatic rings. The minimum absolute atomic E-state index is 0.0329. The van der Waals surface area contributed by atoms with Gasteiger partial charge in [0, 0.05) is 21.8 Å². The molecule has 0 fully saturated rings. The summed E-state index contributed by atoms with van der Waals surface area (Å²) in [5, 5.41) is 15.2. The topological polar surface area (TPSA) is 68.1 Å². The molecule has 0 radical (unpaired) electrons. The number of hydrogen-bond acceptors (Lipinski definition) is 4. The highest BCUT2D eigenvalue weighted by Crippen LogP contribution is 2.32. The Balaban J connectivity index is 2.34. The molecule has 0 aliphatic carbocycles. The maximum Gasteiger partial charge on any atom is 0.314 e. The predicted molar refractivity (Wildman–Crippen MR) is 84.1 cm³/mol. The summed E-state index contributed by atoms with van der Waals surface area (Å²) in [6, 6.07) is 6.49. The second kappa shape index (κ2) is 6.28. The standard InChI is InChI=1S/C14H13Cl2N3O2/c1-8-5-6-17-14(13(8)19(20)21)18-9(2)11-4-3-10(15)7-12(11)16/h3-7,9H,1-2H3,(H,17,18). The Hall–Kier alpha value is -1.85. The highest BCUT2D eigenvalue weighted by atomic mass is 35.5. The first-order chi connectivity index (χ1) is 9.90. The van der Waals surface area contributed by atoms with Gasteiger partial charge in [-0.1, -0.05) is 29.3 Å². The molecule has 5 nitrogen and oxygen atoms in total. The summed E-state index contributed by atoms with van der Waals surface area (Å²) in [7, 11) is 0. The number of benzene rings is 1. The van der Waals surface area contributed by atoms with E-state index in [9.17, 15) is 10.1 Å². The zero-order chi connectivity index (χ0) is 15.6. The highest BCUT2D eigenvalue weighted by molar-refractivity contribution is 6.35. The van der Waals surface area contributed by atoms with Crippen molar-refractivity contribution in [1.29, 1.82) is 0 Å². The monoisotopic (exact) mass is 325 g/mol. The SMILES string of the molecule is Cc1ccnc(NC(C)c2ccc(Cl)cc2Cl)c1[N+](=O)[O-]. The van der Waals surface area contributed by atoms with Crippen LogP contribution in [0.25, 0.3) is 0 Å². The van der Waals surface area contributed by atoms with Crippen molar-refractivity contribution in [2.75, 3.05) is 5.32 Å². The van der Waals surface area contributed by atoms with Crippen LogP contribution in [0.2, 0.25) is 10.0 Å². The fraction of sp³-hybridized carbons (Fsp3) is 0.214. The van der Waals surface area contributed by atoms with Crippen LogP contribution in [-0.4, -0.2) is 9.91 Å². The van der Waals surface area contributed by atoms with Gasteiger partial charge < -0.3 is 5.32 Å². The molecular weight excluding hydrogens is 313 g/mol. The number of hydrogen-bond donors (Lipinski definition) is 1. The van der Waals surface area contributed by atoms with E-state index in [0.717, 1.165) is 5.56 Å². The maximum atomic E-state index is 11.2. The minimum atomic E-state index is -0.444. The molecule has 21 heavy (non-hydrogen) atoms. The average Bonchev–Trinajstić information content (AvgIpc) is 2.37. The van der Waals surface area contributed by atoms with Gasteiger partial charge in [0.2, 0.25) is 5.82 Å². The quantitative estimate of drug-likeness (QED) is 0.648. The van der Waals surface area contributed by atoms with Crippen molar-refractivity contribution < 1.29 is 4.92 Å². The van der Waals surface area contributed by atoms with Gasteiger partial charge in [0.05, 0.1) is 11.0 Å². The van der Waals surface area contributed by atoms with Crippen molar-refractivity contribution in [3.8, 4) is 0 Å². The van der Waals surface area contributed by atoms with E-state index in [0.29, 0.717) is 15.6 Å². The third kappa shape index (κ3) is 3.43. The summed E-state index contributed by atoms with van der Waals surface area (Å²) in [6.07, 6.45) is 1.53. The third-order valence-corrected chi connectivity index (χ3v) is 3.65. The number of nitrogens with one attached hydrogen (secondary N) is 1. The number of rotatable bonds is 4. The molecule has 0 saturated carbocycles. The molecule has 110 valence electrons. The Morgan fingerprint density at radius 1 is 1.33 bits per heavy atom. The lowest BCUT2D eigenvalue weighted by Crippen LogP contribution is -2.11. The van der Waals surface area contributed by atoms with Crippen molar-refractivity contribution in [1.82, 2.24) is 4.98 Å². The Morgan fingerprint density at radius 2 is 2.05 bits per heavy atom. The van der Waals surface area contributed by atoms with Gasteiger partial charge in [-0.3, -0.25) is 10.1 Å². The van der Waals surface area contributed by atoms with Crippen LogP contribution in [0.1, 0.15) is 24.1 Å². The first kappa shape index (κ1) is 15.5. The van der Waals surface area contributed by atoms with E-state index >= 15 is 0 Å². The van der Waals surface area contributed by atoms with Gasteiger partial charge in [0.1, 0.15) is 0 Å². The normalized spacial score (nSPS) is 12.0. The van der Waals surface area contributed by atoms with E-state index in [1.54, 1.807) is 31.2 Å². The van der Waals surface area contributed by atoms with Gasteiger partial charge in [0.15, 0.2) is 0 Å². The predicted octanol–water partition coefficient (Wildman–Crippen LogP) is 4.78. The lowest BCUT2D eigenvalue weighted by Gasteiger charge is -2.16. The zero-order valence-electron chi connectivity index (χ0n) is 11.4. The van der Waals surface area contributed by atoms with E-state index in [4.69, 9.17) is 23.2 Å². The lowest BCUT2D eigenvalue weighted by atomic mass is 10.1. The first-order valence-corrected chi connectivity index (χ1v) is 6.97. The Labute approximate surface area is 132 Å². The van der Waals surface area contributed by atoms with Crippen LogP contribution in [0.4, 0.5) is 11.5 Å². The number of nitro groups is 1. The first-order valence-electron chi connectivity index (χ1n) is 6.21. The molecule has 0 aliphatic heterocycles. The van der Waals surface area contributed by atoms with E-state index in [1.807, 2.05) is 6.92 Å². The lowest BCUT2D eigenvalue weighted by molar-refractivity contribution is -0.384. The molecule has 1 aromatic heterocycles. The van der Waals surface area contributed by atoms with Crippen LogP contribution in [-0.2, 0) is 0 Å². The van der Waals surface area contributed by atoms with Crippen molar-refractivity contribution in [2.45, 2.75) is 19.9 Å². The third-order valence-electron chi connectivity index (χ3n) is 3.09. The van der Waals surface area contributed by atoms with Gasteiger partial charge in [-0.05, 0) is 37.6 Å². The van der Waals surface area contributed by atoms with Gasteiger partial charge in [-0.2, -0.15) is 0 Å². The second-order valence-electron chi connectivity index (χ2n) is 4.61. The molecule has 0 amide bonds. The average molecular weight is 326 g/mol. The summed E-state index contributed by atoms with van der Waals surface area (Å²) in [5.41, 5.74) is 1.31. The number of halogens is 2. The Morgan fingerprint density at radius 3 is 2.67 bits per heavy atom. The fourth-order valence-corrected chi connectivity index (χ4v) is 2.59. The van der Waals surface area contributed by atoms with Crippen LogP contribution in [0.5, 0.6) is 0 Å². The van der Waals surface area contributed by atoms with Crippen molar-refractivity contribution in [3.63, 3.8) is 0 Å². The van der Waals surface area contributed by atoms with Crippen molar-refractivity contribution in [3.05, 3.63) is 61.7 Å². The molecule has 1 atom stereocenters. The fourth-order valence-electron chi connectivity index (χ4n) is 2.02. The molecule has 0 saturated heterocycles. The molecular formula is C14H13Cl2N3O2. The smallest absolute Gasteiger partial charge is 0.314 e. The van der Waals surface area contributed by atoms with Crippen LogP contribution in [0.3, 0.4) is 0 Å². The molecule has 0 spiro atoms. The molecule has 0 aliphatic rings. The van der Waals surface area contributed by atoms with Gasteiger partial charge in [0.25, 0.3) is 0 Å². The molecule has 1 aromatic carbocycles. The highest BCUT2D eigenvalue weighted by Gasteiger charge is 2.21. The van der Waals surface area contributed by atoms with Crippen molar-refractivity contribution in [2.24, 2.45) is 0 Å². The summed E-state index contributed by atoms with van der Waals surface area (Å²) in [5.74, 6) is 0.221. The Bertz CT molecular complexity index is 692. The van der Waals surface area contributed by atoms with Gasteiger partial charge in [-0.25, -0.2) is 4.98 Å². The van der Waals surface area contributed by atoms with Gasteiger partial charge in [-0.15, -0.1) is 0 Å². The maximum absolute atomic E-state index is 11.2. The molecule has 1 unspecified atom stereocenters. The van der Waals surface area contributed by atoms with Gasteiger partial charge >= 0.3 is 5.69 Å². The largest absolute Gasteiger partial charge is 0.358 e. The zero-order valence-corrected chi connectivity index (χ0v) is 12.9. The number of aromatic nitrogens is 1. The molecule has 0 bridgehead atoms. The number of pyridine rings is 1. The molecule has 2 rings (SSSR count). The van der Waals surface area contributed by atoms with E-state index in [-0.39, 0.29) is 17.5 Å². The summed E-state index contributed by atoms with van der Waals surface area (Å²) < 4.78 is 0. The molecule has 7 heteroatoms. The summed E-state index contributed by atoms with van der Waals surface area (Å²) in [6.45, 7) is 3.52. The van der Waals surface area contributed by atoms with Crippen LogP contribution in [0, 0.1) is 17.0 Å². The second-order valence-corrected chi connectivity index (χ2v) is 5.46. The van der Waals surface area contributed by atoms with E-state index in [2.05, 4.69) is 10.3 Å². The van der Waals surface area contributed by atoms with Crippen LogP contribution >= 0.6 is 23.2 Å². The van der Waals surface area contributed by atoms with Crippen LogP contribution < -0.4 is 5.32 Å². The number of aryl methyl sites for hydroxylation is 1. The Kier molecular flexibility index (Phi) is 4.65. The number of nitrogens with zero attached hydrogens (tertiary/aromatic N) is 2. The molecule has 1 heterocycles. The van der Waals surface area contributed by atoms with E-state index < -0.39 is 4.92 Å². The van der Waals surface area contributed by atoms with Crippen LogP contribution in [0.15, 0.2) is 30.5 Å². The van der Waals surface area contributed by atoms with Crippen molar-refractivity contribution >= 4 is 34.7 Å². The summed E-state index contributed by atoms with van der Waals surface area (Å²) in [4.78, 5) is 14.8.